The molecule has 1 amide bonds. The molecule has 3 aliphatic rings. The minimum absolute atomic E-state index is 0.238. The molecule has 0 aromatic carbocycles. The Morgan fingerprint density at radius 3 is 1.10 bits per heavy atom. The Kier molecular flexibility index (Phi) is 40.4. The van der Waals surface area contributed by atoms with Gasteiger partial charge < -0.3 is 89.9 Å². The molecule has 3 aliphatic heterocycles. The summed E-state index contributed by atoms with van der Waals surface area (Å²) < 4.78 is 34.3. The second kappa shape index (κ2) is 44.3. The normalized spacial score (nSPS) is 30.2. The predicted molar refractivity (Wildman–Crippen MR) is 300 cm³/mol. The van der Waals surface area contributed by atoms with E-state index in [9.17, 15) is 61.0 Å². The van der Waals surface area contributed by atoms with Crippen molar-refractivity contribution in [1.29, 1.82) is 0 Å². The number of hydrogen-bond acceptors (Lipinski definition) is 18. The van der Waals surface area contributed by atoms with E-state index in [4.69, 9.17) is 28.4 Å². The Morgan fingerprint density at radius 2 is 0.722 bits per heavy atom. The summed E-state index contributed by atoms with van der Waals surface area (Å²) in [6.07, 6.45) is 16.1. The lowest BCUT2D eigenvalue weighted by Gasteiger charge is -2.48. The minimum Gasteiger partial charge on any atom is -0.394 e. The summed E-state index contributed by atoms with van der Waals surface area (Å²) in [5.41, 5.74) is 0. The molecule has 19 nitrogen and oxygen atoms in total. The minimum atomic E-state index is -1.97. The van der Waals surface area contributed by atoms with E-state index in [0.717, 1.165) is 44.9 Å². The van der Waals surface area contributed by atoms with Crippen molar-refractivity contribution in [2.45, 2.75) is 349 Å². The number of aliphatic hydroxyl groups is 11. The third-order valence-corrected chi connectivity index (χ3v) is 16.4. The topological polar surface area (TPSA) is 307 Å². The highest BCUT2D eigenvalue weighted by Crippen LogP contribution is 2.33. The van der Waals surface area contributed by atoms with Crippen molar-refractivity contribution in [3.8, 4) is 0 Å². The summed E-state index contributed by atoms with van der Waals surface area (Å²) in [6.45, 7) is 1.82. The Bertz CT molecular complexity index is 1450. The van der Waals surface area contributed by atoms with E-state index in [1.807, 2.05) is 0 Å². The molecular formula is C60H115NO18. The van der Waals surface area contributed by atoms with Crippen molar-refractivity contribution in [1.82, 2.24) is 5.32 Å². The summed E-state index contributed by atoms with van der Waals surface area (Å²) in [6, 6.07) is -0.880. The second-order valence-electron chi connectivity index (χ2n) is 23.2. The van der Waals surface area contributed by atoms with E-state index in [0.29, 0.717) is 12.8 Å². The predicted octanol–water partition coefficient (Wildman–Crippen LogP) is 6.38. The van der Waals surface area contributed by atoms with E-state index in [-0.39, 0.29) is 18.9 Å². The quantitative estimate of drug-likeness (QED) is 0.0294. The zero-order valence-corrected chi connectivity index (χ0v) is 48.9. The van der Waals surface area contributed by atoms with Crippen LogP contribution in [0.15, 0.2) is 0 Å². The number of unbranched alkanes of at least 4 members (excludes halogenated alkanes) is 32. The molecule has 3 fully saturated rings. The molecule has 0 bridgehead atoms. The van der Waals surface area contributed by atoms with Crippen molar-refractivity contribution < 1.29 is 89.4 Å². The monoisotopic (exact) mass is 1140 g/mol. The standard InChI is InChI=1S/C60H115NO18/c1-3-5-7-9-11-13-15-17-19-21-22-24-26-28-30-32-34-36-38-48(66)61-43(44(65)37-35-33-31-29-27-25-23-20-18-16-14-12-10-8-6-4-2)42-74-58-54(72)51(69)56(46(40-63)76-58)79-60-55(73)52(70)57(47(41-64)77-60)78-59-53(71)50(68)49(67)45(39-62)75-59/h43-47,49-60,62-65,67-73H,3-42H2,1-2H3,(H,61,66). The average molecular weight is 1140 g/mol. The van der Waals surface area contributed by atoms with Crippen LogP contribution < -0.4 is 5.32 Å². The largest absolute Gasteiger partial charge is 0.394 e. The van der Waals surface area contributed by atoms with Gasteiger partial charge >= 0.3 is 0 Å². The third kappa shape index (κ3) is 28.0. The van der Waals surface area contributed by atoms with Crippen LogP contribution in [0.5, 0.6) is 0 Å². The van der Waals surface area contributed by atoms with Gasteiger partial charge in [0, 0.05) is 6.42 Å². The number of aliphatic hydroxyl groups excluding tert-OH is 11. The van der Waals surface area contributed by atoms with Crippen molar-refractivity contribution in [2.24, 2.45) is 0 Å². The van der Waals surface area contributed by atoms with Gasteiger partial charge in [0.15, 0.2) is 18.9 Å². The number of rotatable bonds is 48. The first-order valence-corrected chi connectivity index (χ1v) is 31.8. The van der Waals surface area contributed by atoms with Gasteiger partial charge in [0.05, 0.1) is 38.6 Å². The van der Waals surface area contributed by atoms with Gasteiger partial charge in [0.25, 0.3) is 0 Å². The molecule has 79 heavy (non-hydrogen) atoms. The number of hydrogen-bond donors (Lipinski definition) is 12. The van der Waals surface area contributed by atoms with Gasteiger partial charge in [-0.3, -0.25) is 4.79 Å². The summed E-state index contributed by atoms with van der Waals surface area (Å²) in [7, 11) is 0. The zero-order valence-electron chi connectivity index (χ0n) is 48.9. The molecule has 3 saturated heterocycles. The molecule has 17 atom stereocenters. The molecular weight excluding hydrogens is 1020 g/mol. The van der Waals surface area contributed by atoms with Gasteiger partial charge in [-0.2, -0.15) is 0 Å². The van der Waals surface area contributed by atoms with Crippen molar-refractivity contribution in [3.05, 3.63) is 0 Å². The number of carbonyl (C=O) groups is 1. The van der Waals surface area contributed by atoms with Gasteiger partial charge in [-0.1, -0.05) is 226 Å². The van der Waals surface area contributed by atoms with E-state index in [2.05, 4.69) is 19.2 Å². The highest BCUT2D eigenvalue weighted by atomic mass is 16.8. The molecule has 0 aromatic heterocycles. The second-order valence-corrected chi connectivity index (χ2v) is 23.2. The highest BCUT2D eigenvalue weighted by Gasteiger charge is 2.53. The molecule has 0 radical (unpaired) electrons. The molecule has 3 rings (SSSR count). The summed E-state index contributed by atoms with van der Waals surface area (Å²) in [4.78, 5) is 13.4. The van der Waals surface area contributed by atoms with E-state index in [1.165, 1.54) is 167 Å². The maximum absolute atomic E-state index is 13.4. The first kappa shape index (κ1) is 72.1. The molecule has 12 N–H and O–H groups in total. The summed E-state index contributed by atoms with van der Waals surface area (Å²) >= 11 is 0. The van der Waals surface area contributed by atoms with E-state index in [1.54, 1.807) is 0 Å². The van der Waals surface area contributed by atoms with Crippen LogP contribution in [0.25, 0.3) is 0 Å². The fourth-order valence-corrected chi connectivity index (χ4v) is 11.2. The Labute approximate surface area is 474 Å². The maximum Gasteiger partial charge on any atom is 0.220 e. The average Bonchev–Trinajstić information content (AvgIpc) is 3.47. The molecule has 3 heterocycles. The first-order valence-electron chi connectivity index (χ1n) is 31.8. The summed E-state index contributed by atoms with van der Waals surface area (Å²) in [5.74, 6) is -0.238. The van der Waals surface area contributed by atoms with Crippen LogP contribution >= 0.6 is 0 Å². The van der Waals surface area contributed by atoms with Gasteiger partial charge in [-0.25, -0.2) is 0 Å². The SMILES string of the molecule is CCCCCCCCCCCCCCCCCCCCC(=O)NC(COC1OC(CO)C(OC2OC(CO)C(OC3OC(CO)C(O)C(O)C3O)C(O)C2O)C(O)C1O)C(O)CCCCCCCCCCCCCCCCCC. The summed E-state index contributed by atoms with van der Waals surface area (Å²) in [5, 5.41) is 120. The molecule has 0 saturated carbocycles. The van der Waals surface area contributed by atoms with Gasteiger partial charge in [-0.05, 0) is 12.8 Å². The number of amides is 1. The molecule has 0 aromatic rings. The van der Waals surface area contributed by atoms with Crippen LogP contribution in [0.2, 0.25) is 0 Å². The van der Waals surface area contributed by atoms with E-state index < -0.39 is 124 Å². The lowest BCUT2D eigenvalue weighted by molar-refractivity contribution is -0.379. The van der Waals surface area contributed by atoms with Crippen LogP contribution in [0.3, 0.4) is 0 Å². The third-order valence-electron chi connectivity index (χ3n) is 16.4. The lowest BCUT2D eigenvalue weighted by atomic mass is 9.96. The molecule has 468 valence electrons. The van der Waals surface area contributed by atoms with Gasteiger partial charge in [0.2, 0.25) is 5.91 Å². The first-order chi connectivity index (χ1) is 38.3. The van der Waals surface area contributed by atoms with Crippen molar-refractivity contribution in [3.63, 3.8) is 0 Å². The van der Waals surface area contributed by atoms with Crippen molar-refractivity contribution in [2.75, 3.05) is 26.4 Å². The number of nitrogens with one attached hydrogen (secondary N) is 1. The van der Waals surface area contributed by atoms with Crippen LogP contribution in [0, 0.1) is 0 Å². The molecule has 0 spiro atoms. The van der Waals surface area contributed by atoms with Crippen LogP contribution in [-0.4, -0.2) is 193 Å². The molecule has 17 unspecified atom stereocenters. The smallest absolute Gasteiger partial charge is 0.220 e. The maximum atomic E-state index is 13.4. The fourth-order valence-electron chi connectivity index (χ4n) is 11.2. The lowest BCUT2D eigenvalue weighted by Crippen LogP contribution is -2.66. The van der Waals surface area contributed by atoms with Crippen molar-refractivity contribution >= 4 is 5.91 Å². The Hall–Kier alpha value is -1.21. The number of ether oxygens (including phenoxy) is 6. The van der Waals surface area contributed by atoms with Gasteiger partial charge in [-0.15, -0.1) is 0 Å². The van der Waals surface area contributed by atoms with Crippen LogP contribution in [0.1, 0.15) is 245 Å². The Morgan fingerprint density at radius 1 is 0.405 bits per heavy atom. The fraction of sp³-hybridized carbons (Fsp3) is 0.983. The van der Waals surface area contributed by atoms with Gasteiger partial charge in [0.1, 0.15) is 73.2 Å². The van der Waals surface area contributed by atoms with E-state index >= 15 is 0 Å². The van der Waals surface area contributed by atoms with Crippen LogP contribution in [-0.2, 0) is 33.2 Å². The highest BCUT2D eigenvalue weighted by molar-refractivity contribution is 5.76. The Balaban J connectivity index is 1.47. The molecule has 19 heteroatoms. The van der Waals surface area contributed by atoms with Crippen LogP contribution in [0.4, 0.5) is 0 Å². The molecule has 0 aliphatic carbocycles. The number of carbonyl (C=O) groups excluding carboxylic acids is 1. The zero-order chi connectivity index (χ0) is 57.6.